The highest BCUT2D eigenvalue weighted by atomic mass is 16.5. The molecule has 0 unspecified atom stereocenters. The van der Waals surface area contributed by atoms with E-state index in [1.807, 2.05) is 7.05 Å². The Bertz CT molecular complexity index is 363. The molecule has 0 fully saturated rings. The predicted molar refractivity (Wildman–Crippen MR) is 60.4 cm³/mol. The molecule has 0 radical (unpaired) electrons. The fraction of sp³-hybridized carbons (Fsp3) is 0.727. The first-order valence-corrected chi connectivity index (χ1v) is 5.40. The first kappa shape index (κ1) is 10.3. The molecule has 0 amide bonds. The average Bonchev–Trinajstić information content (AvgIpc) is 2.42. The summed E-state index contributed by atoms with van der Waals surface area (Å²) in [6.45, 7) is 8.22. The van der Waals surface area contributed by atoms with Crippen molar-refractivity contribution in [2.24, 2.45) is 12.5 Å². The molecule has 0 bridgehead atoms. The Morgan fingerprint density at radius 2 is 2.20 bits per heavy atom. The highest BCUT2D eigenvalue weighted by Crippen LogP contribution is 2.29. The van der Waals surface area contributed by atoms with Gasteiger partial charge >= 0.3 is 0 Å². The lowest BCUT2D eigenvalue weighted by molar-refractivity contribution is 0.310. The first-order valence-electron chi connectivity index (χ1n) is 5.40. The summed E-state index contributed by atoms with van der Waals surface area (Å²) >= 11 is 0. The van der Waals surface area contributed by atoms with Crippen LogP contribution < -0.4 is 10.1 Å². The molecule has 0 aromatic carbocycles. The minimum Gasteiger partial charge on any atom is -0.473 e. The quantitative estimate of drug-likeness (QED) is 0.766. The van der Waals surface area contributed by atoms with Gasteiger partial charge in [-0.3, -0.25) is 0 Å². The maximum Gasteiger partial charge on any atom is 0.257 e. The Labute approximate surface area is 90.6 Å². The molecule has 1 N–H and O–H groups in total. The molecule has 0 atom stereocenters. The van der Waals surface area contributed by atoms with Crippen LogP contribution in [0.5, 0.6) is 5.88 Å². The Morgan fingerprint density at radius 3 is 2.80 bits per heavy atom. The summed E-state index contributed by atoms with van der Waals surface area (Å²) in [4.78, 5) is 4.51. The predicted octanol–water partition coefficient (Wildman–Crippen LogP) is 1.81. The largest absolute Gasteiger partial charge is 0.473 e. The monoisotopic (exact) mass is 209 g/mol. The van der Waals surface area contributed by atoms with E-state index in [4.69, 9.17) is 4.74 Å². The topological polar surface area (TPSA) is 39.1 Å². The fourth-order valence-corrected chi connectivity index (χ4v) is 1.76. The number of hydrogen-bond acceptors (Lipinski definition) is 3. The Hall–Kier alpha value is -1.19. The van der Waals surface area contributed by atoms with Crippen LogP contribution >= 0.6 is 0 Å². The molecule has 2 heterocycles. The van der Waals surface area contributed by atoms with Crippen molar-refractivity contribution in [1.82, 2.24) is 9.55 Å². The van der Waals surface area contributed by atoms with Crippen LogP contribution in [-0.2, 0) is 13.5 Å². The van der Waals surface area contributed by atoms with Crippen molar-refractivity contribution in [3.63, 3.8) is 0 Å². The zero-order valence-corrected chi connectivity index (χ0v) is 9.92. The summed E-state index contributed by atoms with van der Waals surface area (Å²) in [7, 11) is 2.04. The van der Waals surface area contributed by atoms with Crippen molar-refractivity contribution in [3.05, 3.63) is 5.82 Å². The summed E-state index contributed by atoms with van der Waals surface area (Å²) in [5.41, 5.74) is 0.252. The molecule has 2 rings (SSSR count). The molecule has 0 saturated carbocycles. The van der Waals surface area contributed by atoms with Crippen molar-refractivity contribution in [1.29, 1.82) is 0 Å². The van der Waals surface area contributed by atoms with Crippen LogP contribution in [0.15, 0.2) is 0 Å². The van der Waals surface area contributed by atoms with Gasteiger partial charge in [-0.05, 0) is 5.41 Å². The van der Waals surface area contributed by atoms with Gasteiger partial charge in [0.15, 0.2) is 5.82 Å². The number of nitrogens with zero attached hydrogens (tertiary/aromatic N) is 2. The van der Waals surface area contributed by atoms with Gasteiger partial charge in [0.1, 0.15) is 12.4 Å². The lowest BCUT2D eigenvalue weighted by Gasteiger charge is -2.18. The van der Waals surface area contributed by atoms with Crippen molar-refractivity contribution in [3.8, 4) is 5.88 Å². The third kappa shape index (κ3) is 2.08. The molecular weight excluding hydrogens is 190 g/mol. The van der Waals surface area contributed by atoms with E-state index in [0.29, 0.717) is 6.61 Å². The molecule has 4 nitrogen and oxygen atoms in total. The molecule has 0 saturated heterocycles. The Kier molecular flexibility index (Phi) is 2.37. The van der Waals surface area contributed by atoms with Gasteiger partial charge in [0.25, 0.3) is 5.88 Å². The van der Waals surface area contributed by atoms with Crippen LogP contribution in [0.1, 0.15) is 26.6 Å². The number of anilines is 1. The zero-order chi connectivity index (χ0) is 11.1. The molecule has 0 aliphatic carbocycles. The van der Waals surface area contributed by atoms with Gasteiger partial charge in [-0.25, -0.2) is 0 Å². The van der Waals surface area contributed by atoms with Crippen LogP contribution in [-0.4, -0.2) is 22.7 Å². The van der Waals surface area contributed by atoms with E-state index >= 15 is 0 Å². The number of fused-ring (bicyclic) bond motifs is 1. The molecule has 15 heavy (non-hydrogen) atoms. The summed E-state index contributed by atoms with van der Waals surface area (Å²) in [5.74, 6) is 2.85. The van der Waals surface area contributed by atoms with Gasteiger partial charge < -0.3 is 14.6 Å². The van der Waals surface area contributed by atoms with Gasteiger partial charge in [0.2, 0.25) is 0 Å². The van der Waals surface area contributed by atoms with E-state index in [0.717, 1.165) is 30.5 Å². The molecule has 84 valence electrons. The molecule has 0 spiro atoms. The third-order valence-corrected chi connectivity index (χ3v) is 2.48. The van der Waals surface area contributed by atoms with Crippen LogP contribution in [0.3, 0.4) is 0 Å². The average molecular weight is 209 g/mol. The number of aromatic nitrogens is 2. The molecule has 1 aliphatic heterocycles. The van der Waals surface area contributed by atoms with Crippen LogP contribution in [0, 0.1) is 5.41 Å². The van der Waals surface area contributed by atoms with Crippen molar-refractivity contribution >= 4 is 5.82 Å². The summed E-state index contributed by atoms with van der Waals surface area (Å²) < 4.78 is 7.60. The van der Waals surface area contributed by atoms with Crippen molar-refractivity contribution in [2.75, 3.05) is 18.5 Å². The lowest BCUT2D eigenvalue weighted by atomic mass is 9.92. The maximum atomic E-state index is 5.50. The van der Waals surface area contributed by atoms with Crippen molar-refractivity contribution in [2.45, 2.75) is 27.2 Å². The lowest BCUT2D eigenvalue weighted by Crippen LogP contribution is -2.19. The van der Waals surface area contributed by atoms with Crippen LogP contribution in [0.2, 0.25) is 0 Å². The molecule has 1 aliphatic rings. The van der Waals surface area contributed by atoms with E-state index in [1.54, 1.807) is 0 Å². The summed E-state index contributed by atoms with van der Waals surface area (Å²) in [6, 6.07) is 0. The van der Waals surface area contributed by atoms with Crippen molar-refractivity contribution < 1.29 is 4.74 Å². The normalized spacial score (nSPS) is 15.5. The second-order valence-corrected chi connectivity index (χ2v) is 5.25. The summed E-state index contributed by atoms with van der Waals surface area (Å²) in [5, 5.41) is 3.31. The number of rotatable bonds is 1. The second-order valence-electron chi connectivity index (χ2n) is 5.25. The van der Waals surface area contributed by atoms with E-state index in [2.05, 4.69) is 35.6 Å². The van der Waals surface area contributed by atoms with Gasteiger partial charge in [-0.1, -0.05) is 20.8 Å². The van der Waals surface area contributed by atoms with E-state index < -0.39 is 0 Å². The van der Waals surface area contributed by atoms with Crippen LogP contribution in [0.4, 0.5) is 5.82 Å². The molecule has 4 heteroatoms. The Balaban J connectivity index is 2.29. The highest BCUT2D eigenvalue weighted by molar-refractivity contribution is 5.50. The van der Waals surface area contributed by atoms with E-state index in [9.17, 15) is 0 Å². The molecule has 1 aromatic heterocycles. The third-order valence-electron chi connectivity index (χ3n) is 2.48. The number of imidazole rings is 1. The van der Waals surface area contributed by atoms with E-state index in [1.165, 1.54) is 0 Å². The minimum atomic E-state index is 0.252. The SMILES string of the molecule is Cn1c(CC(C)(C)C)nc2c1NCCO2. The smallest absolute Gasteiger partial charge is 0.257 e. The molecular formula is C11H19N3O. The number of ether oxygens (including phenoxy) is 1. The number of nitrogens with one attached hydrogen (secondary N) is 1. The number of hydrogen-bond donors (Lipinski definition) is 1. The zero-order valence-electron chi connectivity index (χ0n) is 9.92. The molecule has 1 aromatic rings. The van der Waals surface area contributed by atoms with Gasteiger partial charge in [-0.2, -0.15) is 4.98 Å². The maximum absolute atomic E-state index is 5.50. The van der Waals surface area contributed by atoms with Gasteiger partial charge in [-0.15, -0.1) is 0 Å². The Morgan fingerprint density at radius 1 is 1.47 bits per heavy atom. The standard InChI is InChI=1S/C11H19N3O/c1-11(2,3)7-8-13-10-9(14(8)4)12-5-6-15-10/h12H,5-7H2,1-4H3. The summed E-state index contributed by atoms with van der Waals surface area (Å²) in [6.07, 6.45) is 0.960. The second kappa shape index (κ2) is 3.43. The van der Waals surface area contributed by atoms with E-state index in [-0.39, 0.29) is 5.41 Å². The van der Waals surface area contributed by atoms with Crippen LogP contribution in [0.25, 0.3) is 0 Å². The van der Waals surface area contributed by atoms with Gasteiger partial charge in [0, 0.05) is 13.5 Å². The fourth-order valence-electron chi connectivity index (χ4n) is 1.76. The first-order chi connectivity index (χ1) is 6.97. The highest BCUT2D eigenvalue weighted by Gasteiger charge is 2.22. The van der Waals surface area contributed by atoms with Gasteiger partial charge in [0.05, 0.1) is 6.54 Å². The minimum absolute atomic E-state index is 0.252.